The van der Waals surface area contributed by atoms with Gasteiger partial charge in [-0.25, -0.2) is 0 Å². The van der Waals surface area contributed by atoms with E-state index in [2.05, 4.69) is 10.3 Å². The van der Waals surface area contributed by atoms with Crippen molar-refractivity contribution in [2.75, 3.05) is 13.2 Å². The number of benzene rings is 1. The van der Waals surface area contributed by atoms with Crippen molar-refractivity contribution >= 4 is 17.5 Å². The summed E-state index contributed by atoms with van der Waals surface area (Å²) in [5.74, 6) is 1.13. The molecule has 1 atom stereocenters. The molecule has 1 aliphatic heterocycles. The molecule has 24 heavy (non-hydrogen) atoms. The Morgan fingerprint density at radius 2 is 2.04 bits per heavy atom. The van der Waals surface area contributed by atoms with E-state index in [-0.39, 0.29) is 18.4 Å². The Bertz CT molecular complexity index is 764. The van der Waals surface area contributed by atoms with Gasteiger partial charge in [0.05, 0.1) is 18.2 Å². The van der Waals surface area contributed by atoms with Crippen LogP contribution in [0.5, 0.6) is 11.5 Å². The zero-order chi connectivity index (χ0) is 17.1. The molecule has 2 aromatic rings. The van der Waals surface area contributed by atoms with E-state index in [1.165, 1.54) is 0 Å². The molecule has 1 N–H and O–H groups in total. The van der Waals surface area contributed by atoms with E-state index in [4.69, 9.17) is 21.1 Å². The number of hydrogen-bond donors (Lipinski definition) is 1. The second kappa shape index (κ2) is 7.09. The summed E-state index contributed by atoms with van der Waals surface area (Å²) >= 11 is 6.26. The fraction of sp³-hybridized carbons (Fsp3) is 0.333. The van der Waals surface area contributed by atoms with Crippen molar-refractivity contribution in [3.8, 4) is 11.5 Å². The van der Waals surface area contributed by atoms with Crippen LogP contribution < -0.4 is 14.8 Å². The van der Waals surface area contributed by atoms with E-state index in [1.807, 2.05) is 26.0 Å². The molecule has 0 radical (unpaired) electrons. The minimum Gasteiger partial charge on any atom is -0.486 e. The van der Waals surface area contributed by atoms with Crippen molar-refractivity contribution in [2.45, 2.75) is 26.3 Å². The molecular formula is C18H19ClN2O3. The van der Waals surface area contributed by atoms with Crippen LogP contribution >= 0.6 is 11.6 Å². The number of carbonyl (C=O) groups is 1. The summed E-state index contributed by atoms with van der Waals surface area (Å²) in [7, 11) is 0. The molecule has 0 spiro atoms. The summed E-state index contributed by atoms with van der Waals surface area (Å²) < 4.78 is 11.0. The van der Waals surface area contributed by atoms with E-state index in [0.717, 1.165) is 11.3 Å². The highest BCUT2D eigenvalue weighted by atomic mass is 35.5. The van der Waals surface area contributed by atoms with Gasteiger partial charge in [0.2, 0.25) is 5.91 Å². The van der Waals surface area contributed by atoms with Crippen LogP contribution in [-0.2, 0) is 11.2 Å². The lowest BCUT2D eigenvalue weighted by molar-refractivity contribution is -0.121. The molecule has 2 heterocycles. The minimum atomic E-state index is -0.172. The van der Waals surface area contributed by atoms with E-state index in [1.54, 1.807) is 18.3 Å². The molecule has 0 aliphatic carbocycles. The molecule has 5 nitrogen and oxygen atoms in total. The number of nitrogens with one attached hydrogen (secondary N) is 1. The third-order valence-corrected chi connectivity index (χ3v) is 4.25. The van der Waals surface area contributed by atoms with Gasteiger partial charge in [-0.05, 0) is 37.1 Å². The van der Waals surface area contributed by atoms with Crippen molar-refractivity contribution in [1.29, 1.82) is 0 Å². The predicted molar refractivity (Wildman–Crippen MR) is 91.7 cm³/mol. The quantitative estimate of drug-likeness (QED) is 0.923. The first-order valence-electron chi connectivity index (χ1n) is 7.83. The number of aryl methyl sites for hydroxylation is 1. The van der Waals surface area contributed by atoms with Crippen LogP contribution in [0.1, 0.15) is 29.8 Å². The van der Waals surface area contributed by atoms with Crippen LogP contribution in [0.15, 0.2) is 30.5 Å². The Kier molecular flexibility index (Phi) is 4.90. The average molecular weight is 347 g/mol. The second-order valence-corrected chi connectivity index (χ2v) is 6.17. The van der Waals surface area contributed by atoms with E-state index >= 15 is 0 Å². The number of nitrogens with zero attached hydrogens (tertiary/aromatic N) is 1. The Labute approximate surface area is 145 Å². The number of rotatable bonds is 4. The number of halogens is 1. The van der Waals surface area contributed by atoms with Crippen molar-refractivity contribution in [1.82, 2.24) is 10.3 Å². The van der Waals surface area contributed by atoms with E-state index in [0.29, 0.717) is 35.3 Å². The highest BCUT2D eigenvalue weighted by Crippen LogP contribution is 2.35. The van der Waals surface area contributed by atoms with Gasteiger partial charge in [0, 0.05) is 17.3 Å². The molecule has 126 valence electrons. The standard InChI is InChI=1S/C18H19ClN2O3/c1-11-4-3-5-20-18(11)12(2)21-17(22)9-13-8-15-16(10-14(13)19)24-7-6-23-15/h3-5,8,10,12H,6-7,9H2,1-2H3,(H,21,22)/t12-/m0/s1. The van der Waals surface area contributed by atoms with Gasteiger partial charge in [-0.2, -0.15) is 0 Å². The van der Waals surface area contributed by atoms with Crippen LogP contribution in [0, 0.1) is 6.92 Å². The first-order valence-corrected chi connectivity index (χ1v) is 8.21. The number of hydrogen-bond acceptors (Lipinski definition) is 4. The van der Waals surface area contributed by atoms with Gasteiger partial charge in [0.15, 0.2) is 11.5 Å². The molecule has 0 unspecified atom stereocenters. The van der Waals surface area contributed by atoms with Crippen LogP contribution in [-0.4, -0.2) is 24.1 Å². The van der Waals surface area contributed by atoms with Gasteiger partial charge in [-0.1, -0.05) is 17.7 Å². The van der Waals surface area contributed by atoms with Crippen molar-refractivity contribution in [3.63, 3.8) is 0 Å². The fourth-order valence-electron chi connectivity index (χ4n) is 2.73. The fourth-order valence-corrected chi connectivity index (χ4v) is 2.95. The first-order chi connectivity index (χ1) is 11.5. The van der Waals surface area contributed by atoms with Crippen molar-refractivity contribution in [3.05, 3.63) is 52.3 Å². The van der Waals surface area contributed by atoms with E-state index < -0.39 is 0 Å². The molecule has 3 rings (SSSR count). The van der Waals surface area contributed by atoms with Crippen molar-refractivity contribution < 1.29 is 14.3 Å². The van der Waals surface area contributed by atoms with Gasteiger partial charge in [-0.15, -0.1) is 0 Å². The Hall–Kier alpha value is -2.27. The lowest BCUT2D eigenvalue weighted by atomic mass is 10.1. The normalized spacial score (nSPS) is 14.1. The Morgan fingerprint density at radius 3 is 2.75 bits per heavy atom. The number of pyridine rings is 1. The molecule has 0 saturated carbocycles. The minimum absolute atomic E-state index is 0.119. The molecule has 6 heteroatoms. The topological polar surface area (TPSA) is 60.5 Å². The smallest absolute Gasteiger partial charge is 0.225 e. The van der Waals surface area contributed by atoms with Gasteiger partial charge < -0.3 is 14.8 Å². The van der Waals surface area contributed by atoms with Crippen molar-refractivity contribution in [2.24, 2.45) is 0 Å². The molecule has 0 saturated heterocycles. The SMILES string of the molecule is Cc1cccnc1[C@H](C)NC(=O)Cc1cc2c(cc1Cl)OCCO2. The average Bonchev–Trinajstić information content (AvgIpc) is 2.55. The predicted octanol–water partition coefficient (Wildman–Crippen LogP) is 3.23. The maximum absolute atomic E-state index is 12.4. The number of aromatic nitrogens is 1. The van der Waals surface area contributed by atoms with Gasteiger partial charge in [0.1, 0.15) is 13.2 Å². The summed E-state index contributed by atoms with van der Waals surface area (Å²) in [5.41, 5.74) is 2.62. The Balaban J connectivity index is 1.70. The monoisotopic (exact) mass is 346 g/mol. The highest BCUT2D eigenvalue weighted by molar-refractivity contribution is 6.31. The third kappa shape index (κ3) is 3.62. The number of amides is 1. The van der Waals surface area contributed by atoms with Crippen LogP contribution in [0.4, 0.5) is 0 Å². The summed E-state index contributed by atoms with van der Waals surface area (Å²) in [4.78, 5) is 16.7. The van der Waals surface area contributed by atoms with Crippen LogP contribution in [0.2, 0.25) is 5.02 Å². The van der Waals surface area contributed by atoms with Gasteiger partial charge >= 0.3 is 0 Å². The molecular weight excluding hydrogens is 328 g/mol. The van der Waals surface area contributed by atoms with Crippen LogP contribution in [0.25, 0.3) is 0 Å². The molecule has 0 bridgehead atoms. The largest absolute Gasteiger partial charge is 0.486 e. The second-order valence-electron chi connectivity index (χ2n) is 5.76. The summed E-state index contributed by atoms with van der Waals surface area (Å²) in [6, 6.07) is 7.15. The molecule has 1 aliphatic rings. The lowest BCUT2D eigenvalue weighted by Crippen LogP contribution is -2.29. The lowest BCUT2D eigenvalue weighted by Gasteiger charge is -2.20. The third-order valence-electron chi connectivity index (χ3n) is 3.90. The van der Waals surface area contributed by atoms with Gasteiger partial charge in [-0.3, -0.25) is 9.78 Å². The summed E-state index contributed by atoms with van der Waals surface area (Å²) in [6.45, 7) is 4.89. The first kappa shape index (κ1) is 16.6. The maximum Gasteiger partial charge on any atom is 0.225 e. The summed E-state index contributed by atoms with van der Waals surface area (Å²) in [5, 5.41) is 3.46. The van der Waals surface area contributed by atoms with Crippen LogP contribution in [0.3, 0.4) is 0 Å². The zero-order valence-electron chi connectivity index (χ0n) is 13.6. The molecule has 0 fully saturated rings. The summed E-state index contributed by atoms with van der Waals surface area (Å²) in [6.07, 6.45) is 1.90. The molecule has 1 aromatic heterocycles. The number of carbonyl (C=O) groups excluding carboxylic acids is 1. The number of fused-ring (bicyclic) bond motifs is 1. The van der Waals surface area contributed by atoms with Gasteiger partial charge in [0.25, 0.3) is 0 Å². The highest BCUT2D eigenvalue weighted by Gasteiger charge is 2.18. The van der Waals surface area contributed by atoms with E-state index in [9.17, 15) is 4.79 Å². The zero-order valence-corrected chi connectivity index (χ0v) is 14.4. The maximum atomic E-state index is 12.4. The Morgan fingerprint density at radius 1 is 1.33 bits per heavy atom. The molecule has 1 aromatic carbocycles. The molecule has 1 amide bonds. The number of ether oxygens (including phenoxy) is 2.